The van der Waals surface area contributed by atoms with Crippen molar-refractivity contribution in [2.75, 3.05) is 13.1 Å². The van der Waals surface area contributed by atoms with Gasteiger partial charge in [-0.1, -0.05) is 18.5 Å². The SMILES string of the molecule is CC(NC(=O)N1CCC(C)C(O)C1)c1ccc(Cl)s1. The molecule has 0 aromatic carbocycles. The molecule has 1 aromatic heterocycles. The standard InChI is InChI=1S/C13H19ClN2O2S/c1-8-5-6-16(7-10(8)17)13(18)15-9(2)11-3-4-12(14)19-11/h3-4,8-10,17H,5-7H2,1-2H3,(H,15,18). The lowest BCUT2D eigenvalue weighted by Gasteiger charge is -2.34. The van der Waals surface area contributed by atoms with Crippen LogP contribution in [0.15, 0.2) is 12.1 Å². The minimum Gasteiger partial charge on any atom is -0.391 e. The maximum atomic E-state index is 12.1. The average molecular weight is 303 g/mol. The van der Waals surface area contributed by atoms with Gasteiger partial charge in [-0.05, 0) is 31.4 Å². The fourth-order valence-corrected chi connectivity index (χ4v) is 3.21. The molecular formula is C13H19ClN2O2S. The van der Waals surface area contributed by atoms with Gasteiger partial charge in [-0.2, -0.15) is 0 Å². The van der Waals surface area contributed by atoms with Crippen LogP contribution in [-0.2, 0) is 0 Å². The van der Waals surface area contributed by atoms with Crippen LogP contribution < -0.4 is 5.32 Å². The number of piperidine rings is 1. The normalized spacial score (nSPS) is 25.2. The number of β-amino-alcohol motifs (C(OH)–C–C–N with tert-alkyl or cyclic N) is 1. The van der Waals surface area contributed by atoms with E-state index in [1.165, 1.54) is 11.3 Å². The lowest BCUT2D eigenvalue weighted by molar-refractivity contribution is 0.0431. The molecule has 3 atom stereocenters. The van der Waals surface area contributed by atoms with E-state index in [0.29, 0.717) is 13.1 Å². The summed E-state index contributed by atoms with van der Waals surface area (Å²) in [5.74, 6) is 0.262. The quantitative estimate of drug-likeness (QED) is 0.882. The zero-order valence-corrected chi connectivity index (χ0v) is 12.7. The van der Waals surface area contributed by atoms with Gasteiger partial charge in [0.1, 0.15) is 0 Å². The number of rotatable bonds is 2. The van der Waals surface area contributed by atoms with E-state index >= 15 is 0 Å². The van der Waals surface area contributed by atoms with Crippen LogP contribution in [0.3, 0.4) is 0 Å². The third-order valence-electron chi connectivity index (χ3n) is 3.57. The molecular weight excluding hydrogens is 284 g/mol. The highest BCUT2D eigenvalue weighted by molar-refractivity contribution is 7.16. The van der Waals surface area contributed by atoms with Gasteiger partial charge in [0.25, 0.3) is 0 Å². The Morgan fingerprint density at radius 2 is 2.37 bits per heavy atom. The number of urea groups is 1. The Morgan fingerprint density at radius 1 is 1.63 bits per heavy atom. The van der Waals surface area contributed by atoms with Gasteiger partial charge in [-0.3, -0.25) is 0 Å². The molecule has 0 saturated carbocycles. The van der Waals surface area contributed by atoms with Gasteiger partial charge >= 0.3 is 6.03 Å². The van der Waals surface area contributed by atoms with Crippen molar-refractivity contribution in [2.24, 2.45) is 5.92 Å². The molecule has 1 saturated heterocycles. The molecule has 0 aliphatic carbocycles. The molecule has 2 amide bonds. The first-order valence-corrected chi connectivity index (χ1v) is 7.65. The van der Waals surface area contributed by atoms with Crippen molar-refractivity contribution in [2.45, 2.75) is 32.4 Å². The number of thiophene rings is 1. The Bertz CT molecular complexity index is 452. The molecule has 0 bridgehead atoms. The van der Waals surface area contributed by atoms with E-state index in [0.717, 1.165) is 15.6 Å². The topological polar surface area (TPSA) is 52.6 Å². The van der Waals surface area contributed by atoms with Gasteiger partial charge in [0.2, 0.25) is 0 Å². The number of halogens is 1. The highest BCUT2D eigenvalue weighted by Gasteiger charge is 2.28. The molecule has 0 spiro atoms. The number of nitrogens with zero attached hydrogens (tertiary/aromatic N) is 1. The van der Waals surface area contributed by atoms with Crippen LogP contribution in [0.4, 0.5) is 4.79 Å². The van der Waals surface area contributed by atoms with Crippen LogP contribution in [-0.4, -0.2) is 35.2 Å². The Morgan fingerprint density at radius 3 is 2.95 bits per heavy atom. The molecule has 2 N–H and O–H groups in total. The average Bonchev–Trinajstić information content (AvgIpc) is 2.79. The zero-order chi connectivity index (χ0) is 14.0. The zero-order valence-electron chi connectivity index (χ0n) is 11.1. The molecule has 4 nitrogen and oxygen atoms in total. The fourth-order valence-electron chi connectivity index (χ4n) is 2.14. The molecule has 2 heterocycles. The summed E-state index contributed by atoms with van der Waals surface area (Å²) >= 11 is 7.36. The van der Waals surface area contributed by atoms with Crippen LogP contribution in [0.5, 0.6) is 0 Å². The van der Waals surface area contributed by atoms with Crippen molar-refractivity contribution in [3.63, 3.8) is 0 Å². The van der Waals surface area contributed by atoms with Crippen molar-refractivity contribution < 1.29 is 9.90 Å². The summed E-state index contributed by atoms with van der Waals surface area (Å²) in [6.07, 6.45) is 0.416. The lowest BCUT2D eigenvalue weighted by Crippen LogP contribution is -2.50. The van der Waals surface area contributed by atoms with E-state index < -0.39 is 6.10 Å². The maximum Gasteiger partial charge on any atom is 0.317 e. The Labute approximate surface area is 122 Å². The first kappa shape index (κ1) is 14.6. The number of aliphatic hydroxyl groups is 1. The smallest absolute Gasteiger partial charge is 0.317 e. The maximum absolute atomic E-state index is 12.1. The number of carbonyl (C=O) groups is 1. The van der Waals surface area contributed by atoms with Crippen molar-refractivity contribution in [3.05, 3.63) is 21.3 Å². The van der Waals surface area contributed by atoms with Gasteiger partial charge in [0, 0.05) is 18.0 Å². The monoisotopic (exact) mass is 302 g/mol. The largest absolute Gasteiger partial charge is 0.391 e. The predicted octanol–water partition coefficient (Wildman–Crippen LogP) is 2.87. The number of hydrogen-bond donors (Lipinski definition) is 2. The molecule has 1 fully saturated rings. The minimum absolute atomic E-state index is 0.0681. The molecule has 19 heavy (non-hydrogen) atoms. The highest BCUT2D eigenvalue weighted by atomic mass is 35.5. The third kappa shape index (κ3) is 3.61. The van der Waals surface area contributed by atoms with Crippen molar-refractivity contribution in [1.82, 2.24) is 10.2 Å². The summed E-state index contributed by atoms with van der Waals surface area (Å²) < 4.78 is 0.721. The number of likely N-dealkylation sites (tertiary alicyclic amines) is 1. The fraction of sp³-hybridized carbons (Fsp3) is 0.615. The molecule has 1 aliphatic rings. The molecule has 1 aromatic rings. The van der Waals surface area contributed by atoms with Gasteiger partial charge in [0.05, 0.1) is 16.5 Å². The second-order valence-electron chi connectivity index (χ2n) is 5.09. The van der Waals surface area contributed by atoms with Crippen LogP contribution >= 0.6 is 22.9 Å². The number of aliphatic hydroxyl groups excluding tert-OH is 1. The van der Waals surface area contributed by atoms with Gasteiger partial charge in [-0.15, -0.1) is 11.3 Å². The summed E-state index contributed by atoms with van der Waals surface area (Å²) in [7, 11) is 0. The first-order chi connectivity index (χ1) is 8.97. The van der Waals surface area contributed by atoms with E-state index in [2.05, 4.69) is 5.32 Å². The first-order valence-electron chi connectivity index (χ1n) is 6.46. The molecule has 1 aliphatic heterocycles. The number of amides is 2. The van der Waals surface area contributed by atoms with E-state index in [1.54, 1.807) is 4.90 Å². The Hall–Kier alpha value is -0.780. The minimum atomic E-state index is -0.425. The van der Waals surface area contributed by atoms with Gasteiger partial charge < -0.3 is 15.3 Å². The van der Waals surface area contributed by atoms with Crippen LogP contribution in [0.1, 0.15) is 31.2 Å². The molecule has 3 unspecified atom stereocenters. The van der Waals surface area contributed by atoms with Crippen molar-refractivity contribution >= 4 is 29.0 Å². The summed E-state index contributed by atoms with van der Waals surface area (Å²) in [6, 6.07) is 3.56. The molecule has 2 rings (SSSR count). The Balaban J connectivity index is 1.90. The molecule has 6 heteroatoms. The van der Waals surface area contributed by atoms with E-state index in [1.807, 2.05) is 26.0 Å². The Kier molecular flexibility index (Phi) is 4.71. The molecule has 0 radical (unpaired) electrons. The predicted molar refractivity (Wildman–Crippen MR) is 77.6 cm³/mol. The number of nitrogens with one attached hydrogen (secondary N) is 1. The van der Waals surface area contributed by atoms with Crippen molar-refractivity contribution in [3.8, 4) is 0 Å². The van der Waals surface area contributed by atoms with Crippen LogP contribution in [0, 0.1) is 5.92 Å². The van der Waals surface area contributed by atoms with Crippen LogP contribution in [0.2, 0.25) is 4.34 Å². The van der Waals surface area contributed by atoms with E-state index in [-0.39, 0.29) is 18.0 Å². The van der Waals surface area contributed by atoms with Gasteiger partial charge in [0.15, 0.2) is 0 Å². The second kappa shape index (κ2) is 6.11. The van der Waals surface area contributed by atoms with Crippen molar-refractivity contribution in [1.29, 1.82) is 0 Å². The third-order valence-corrected chi connectivity index (χ3v) is 4.98. The van der Waals surface area contributed by atoms with Gasteiger partial charge in [-0.25, -0.2) is 4.79 Å². The lowest BCUT2D eigenvalue weighted by atomic mass is 9.96. The van der Waals surface area contributed by atoms with E-state index in [4.69, 9.17) is 11.6 Å². The number of hydrogen-bond acceptors (Lipinski definition) is 3. The number of carbonyl (C=O) groups excluding carboxylic acids is 1. The summed E-state index contributed by atoms with van der Waals surface area (Å²) in [5, 5.41) is 12.8. The summed E-state index contributed by atoms with van der Waals surface area (Å²) in [4.78, 5) is 14.8. The highest BCUT2D eigenvalue weighted by Crippen LogP contribution is 2.27. The summed E-state index contributed by atoms with van der Waals surface area (Å²) in [5.41, 5.74) is 0. The van der Waals surface area contributed by atoms with E-state index in [9.17, 15) is 9.90 Å². The summed E-state index contributed by atoms with van der Waals surface area (Å²) in [6.45, 7) is 5.05. The molecule has 106 valence electrons. The van der Waals surface area contributed by atoms with Crippen LogP contribution in [0.25, 0.3) is 0 Å². The second-order valence-corrected chi connectivity index (χ2v) is 6.84.